The zero-order valence-electron chi connectivity index (χ0n) is 10.9. The molecule has 1 aromatic heterocycles. The second-order valence-corrected chi connectivity index (χ2v) is 6.02. The van der Waals surface area contributed by atoms with Crippen molar-refractivity contribution in [3.05, 3.63) is 60.8 Å². The van der Waals surface area contributed by atoms with Crippen LogP contribution in [0.4, 0.5) is 0 Å². The third-order valence-corrected chi connectivity index (χ3v) is 3.88. The predicted octanol–water partition coefficient (Wildman–Crippen LogP) is 1.58. The van der Waals surface area contributed by atoms with Gasteiger partial charge in [-0.05, 0) is 18.2 Å². The summed E-state index contributed by atoms with van der Waals surface area (Å²) in [7, 11) is -3.74. The van der Waals surface area contributed by atoms with Crippen molar-refractivity contribution in [3.63, 3.8) is 0 Å². The minimum Gasteiger partial charge on any atom is -0.225 e. The van der Waals surface area contributed by atoms with Gasteiger partial charge in [0.1, 0.15) is 5.69 Å². The van der Waals surface area contributed by atoms with Crippen LogP contribution in [-0.2, 0) is 10.0 Å². The summed E-state index contributed by atoms with van der Waals surface area (Å²) in [4.78, 5) is 0.0387. The van der Waals surface area contributed by atoms with Crippen LogP contribution in [0.2, 0.25) is 0 Å². The maximum absolute atomic E-state index is 11.4. The summed E-state index contributed by atoms with van der Waals surface area (Å²) in [6.45, 7) is 0. The van der Waals surface area contributed by atoms with Gasteiger partial charge in [0.25, 0.3) is 0 Å². The second-order valence-electron chi connectivity index (χ2n) is 4.46. The number of rotatable bonds is 3. The van der Waals surface area contributed by atoms with Gasteiger partial charge >= 0.3 is 0 Å². The Morgan fingerprint density at radius 2 is 1.76 bits per heavy atom. The van der Waals surface area contributed by atoms with E-state index < -0.39 is 10.0 Å². The molecular weight excluding hydrogens is 288 g/mol. The summed E-state index contributed by atoms with van der Waals surface area (Å²) in [5.74, 6) is 0. The van der Waals surface area contributed by atoms with Crippen LogP contribution in [0.15, 0.2) is 65.7 Å². The summed E-state index contributed by atoms with van der Waals surface area (Å²) in [6.07, 6.45) is 1.73. The van der Waals surface area contributed by atoms with E-state index >= 15 is 0 Å². The van der Waals surface area contributed by atoms with E-state index in [9.17, 15) is 8.42 Å². The first-order chi connectivity index (χ1) is 10.0. The third-order valence-electron chi connectivity index (χ3n) is 2.97. The Labute approximate surface area is 121 Å². The Kier molecular flexibility index (Phi) is 3.28. The summed E-state index contributed by atoms with van der Waals surface area (Å²) < 4.78 is 24.3. The number of primary sulfonamides is 1. The number of hydrogen-bond acceptors (Lipinski definition) is 4. The zero-order valence-corrected chi connectivity index (χ0v) is 11.7. The highest BCUT2D eigenvalue weighted by Crippen LogP contribution is 2.18. The minimum atomic E-state index is -3.74. The van der Waals surface area contributed by atoms with Crippen molar-refractivity contribution < 1.29 is 8.42 Å². The lowest BCUT2D eigenvalue weighted by molar-refractivity contribution is 0.597. The molecule has 0 spiro atoms. The predicted molar refractivity (Wildman–Crippen MR) is 78.2 cm³/mol. The third kappa shape index (κ3) is 2.83. The first kappa shape index (κ1) is 13.5. The SMILES string of the molecule is NS(=O)(=O)c1cccc(-n2cc(-c3ccccc3)nn2)c1. The normalized spacial score (nSPS) is 11.5. The van der Waals surface area contributed by atoms with E-state index in [1.165, 1.54) is 16.8 Å². The quantitative estimate of drug-likeness (QED) is 0.795. The molecule has 0 aliphatic heterocycles. The van der Waals surface area contributed by atoms with Gasteiger partial charge in [-0.3, -0.25) is 0 Å². The van der Waals surface area contributed by atoms with Gasteiger partial charge in [0.2, 0.25) is 10.0 Å². The van der Waals surface area contributed by atoms with Gasteiger partial charge in [-0.25, -0.2) is 18.2 Å². The lowest BCUT2D eigenvalue weighted by Crippen LogP contribution is -2.12. The smallest absolute Gasteiger partial charge is 0.225 e. The molecule has 0 saturated heterocycles. The number of benzene rings is 2. The van der Waals surface area contributed by atoms with E-state index in [2.05, 4.69) is 10.3 Å². The Morgan fingerprint density at radius 1 is 1.00 bits per heavy atom. The molecule has 0 aliphatic rings. The van der Waals surface area contributed by atoms with Crippen molar-refractivity contribution in [1.82, 2.24) is 15.0 Å². The second kappa shape index (κ2) is 5.12. The molecule has 0 amide bonds. The number of sulfonamides is 1. The largest absolute Gasteiger partial charge is 0.238 e. The van der Waals surface area contributed by atoms with Crippen LogP contribution in [0, 0.1) is 0 Å². The number of aromatic nitrogens is 3. The van der Waals surface area contributed by atoms with E-state index in [-0.39, 0.29) is 4.90 Å². The molecule has 6 nitrogen and oxygen atoms in total. The Morgan fingerprint density at radius 3 is 2.48 bits per heavy atom. The average molecular weight is 300 g/mol. The van der Waals surface area contributed by atoms with Crippen LogP contribution >= 0.6 is 0 Å². The van der Waals surface area contributed by atoms with Gasteiger partial charge in [0.05, 0.1) is 16.8 Å². The summed E-state index contributed by atoms with van der Waals surface area (Å²) in [5.41, 5.74) is 2.22. The van der Waals surface area contributed by atoms with Crippen molar-refractivity contribution >= 4 is 10.0 Å². The molecule has 3 aromatic rings. The van der Waals surface area contributed by atoms with Crippen LogP contribution in [-0.4, -0.2) is 23.4 Å². The minimum absolute atomic E-state index is 0.0387. The Balaban J connectivity index is 2.01. The highest BCUT2D eigenvalue weighted by Gasteiger charge is 2.10. The number of nitrogens with zero attached hydrogens (tertiary/aromatic N) is 3. The molecule has 1 heterocycles. The summed E-state index contributed by atoms with van der Waals surface area (Å²) >= 11 is 0. The molecule has 3 rings (SSSR count). The van der Waals surface area contributed by atoms with Crippen LogP contribution in [0.3, 0.4) is 0 Å². The van der Waals surface area contributed by atoms with E-state index in [1.54, 1.807) is 18.3 Å². The number of hydrogen-bond donors (Lipinski definition) is 1. The topological polar surface area (TPSA) is 90.9 Å². The van der Waals surface area contributed by atoms with Gasteiger partial charge in [-0.2, -0.15) is 0 Å². The highest BCUT2D eigenvalue weighted by atomic mass is 32.2. The Bertz CT molecular complexity index is 873. The maximum Gasteiger partial charge on any atom is 0.238 e. The van der Waals surface area contributed by atoms with Crippen molar-refractivity contribution in [2.24, 2.45) is 5.14 Å². The van der Waals surface area contributed by atoms with E-state index in [0.29, 0.717) is 11.4 Å². The molecule has 21 heavy (non-hydrogen) atoms. The molecule has 0 atom stereocenters. The van der Waals surface area contributed by atoms with Crippen molar-refractivity contribution in [1.29, 1.82) is 0 Å². The first-order valence-corrected chi connectivity index (χ1v) is 7.70. The number of nitrogens with two attached hydrogens (primary N) is 1. The lowest BCUT2D eigenvalue weighted by atomic mass is 10.2. The average Bonchev–Trinajstić information content (AvgIpc) is 2.97. The zero-order chi connectivity index (χ0) is 14.9. The molecule has 2 aromatic carbocycles. The molecule has 7 heteroatoms. The Hall–Kier alpha value is -2.51. The van der Waals surface area contributed by atoms with Crippen LogP contribution < -0.4 is 5.14 Å². The van der Waals surface area contributed by atoms with Crippen molar-refractivity contribution in [2.45, 2.75) is 4.90 Å². The fourth-order valence-electron chi connectivity index (χ4n) is 1.93. The highest BCUT2D eigenvalue weighted by molar-refractivity contribution is 7.89. The molecule has 2 N–H and O–H groups in total. The van der Waals surface area contributed by atoms with Crippen molar-refractivity contribution in [2.75, 3.05) is 0 Å². The van der Waals surface area contributed by atoms with Crippen LogP contribution in [0.25, 0.3) is 16.9 Å². The fraction of sp³-hybridized carbons (Fsp3) is 0. The maximum atomic E-state index is 11.4. The van der Waals surface area contributed by atoms with Gasteiger partial charge in [0, 0.05) is 5.56 Å². The lowest BCUT2D eigenvalue weighted by Gasteiger charge is -2.02. The van der Waals surface area contributed by atoms with Crippen molar-refractivity contribution in [3.8, 4) is 16.9 Å². The molecule has 0 radical (unpaired) electrons. The van der Waals surface area contributed by atoms with Gasteiger partial charge in [-0.15, -0.1) is 5.10 Å². The molecule has 0 saturated carbocycles. The molecule has 0 aliphatic carbocycles. The van der Waals surface area contributed by atoms with Crippen LogP contribution in [0.5, 0.6) is 0 Å². The first-order valence-electron chi connectivity index (χ1n) is 6.15. The molecule has 106 valence electrons. The van der Waals surface area contributed by atoms with E-state index in [4.69, 9.17) is 5.14 Å². The van der Waals surface area contributed by atoms with E-state index in [0.717, 1.165) is 5.56 Å². The standard InChI is InChI=1S/C14H12N4O2S/c15-21(19,20)13-8-4-7-12(9-13)18-10-14(16-17-18)11-5-2-1-3-6-11/h1-10H,(H2,15,19,20). The van der Waals surface area contributed by atoms with E-state index in [1.807, 2.05) is 30.3 Å². The van der Waals surface area contributed by atoms with Gasteiger partial charge in [-0.1, -0.05) is 41.6 Å². The molecule has 0 bridgehead atoms. The molecular formula is C14H12N4O2S. The van der Waals surface area contributed by atoms with Gasteiger partial charge in [0.15, 0.2) is 0 Å². The summed E-state index contributed by atoms with van der Waals surface area (Å²) in [6, 6.07) is 15.8. The van der Waals surface area contributed by atoms with Gasteiger partial charge < -0.3 is 0 Å². The molecule has 0 unspecified atom stereocenters. The monoisotopic (exact) mass is 300 g/mol. The fourth-order valence-corrected chi connectivity index (χ4v) is 2.49. The summed E-state index contributed by atoms with van der Waals surface area (Å²) in [5, 5.41) is 13.2. The van der Waals surface area contributed by atoms with Crippen LogP contribution in [0.1, 0.15) is 0 Å². The molecule has 0 fully saturated rings.